The van der Waals surface area contributed by atoms with Crippen molar-refractivity contribution in [1.29, 1.82) is 0 Å². The molecule has 5 nitrogen and oxygen atoms in total. The highest BCUT2D eigenvalue weighted by Crippen LogP contribution is 2.28. The molecule has 0 N–H and O–H groups in total. The van der Waals surface area contributed by atoms with Crippen molar-refractivity contribution in [3.8, 4) is 5.82 Å². The summed E-state index contributed by atoms with van der Waals surface area (Å²) >= 11 is 0. The lowest BCUT2D eigenvalue weighted by molar-refractivity contribution is -0.137. The smallest absolute Gasteiger partial charge is 0.417 e. The summed E-state index contributed by atoms with van der Waals surface area (Å²) < 4.78 is 43.9. The van der Waals surface area contributed by atoms with Crippen molar-refractivity contribution in [1.82, 2.24) is 14.8 Å². The second kappa shape index (κ2) is 6.80. The second-order valence-electron chi connectivity index (χ2n) is 4.81. The third-order valence-electron chi connectivity index (χ3n) is 3.08. The van der Waals surface area contributed by atoms with Gasteiger partial charge >= 0.3 is 12.1 Å². The van der Waals surface area contributed by atoms with E-state index in [0.717, 1.165) is 18.7 Å². The standard InChI is InChI=1S/C15H16F3N3O2/c1-3-5-12-11(14(22)23-4-2)9-21(20-12)13-7-6-10(8-19-13)15(16,17)18/h6-9H,3-5H2,1-2H3. The first-order chi connectivity index (χ1) is 10.9. The van der Waals surface area contributed by atoms with Gasteiger partial charge in [0.15, 0.2) is 5.82 Å². The number of aromatic nitrogens is 3. The number of carbonyl (C=O) groups is 1. The number of halogens is 3. The lowest BCUT2D eigenvalue weighted by atomic mass is 10.2. The maximum Gasteiger partial charge on any atom is 0.417 e. The second-order valence-corrected chi connectivity index (χ2v) is 4.81. The molecule has 0 aromatic carbocycles. The molecule has 0 radical (unpaired) electrons. The van der Waals surface area contributed by atoms with Crippen LogP contribution in [-0.2, 0) is 17.3 Å². The van der Waals surface area contributed by atoms with Gasteiger partial charge in [-0.1, -0.05) is 13.3 Å². The molecule has 23 heavy (non-hydrogen) atoms. The summed E-state index contributed by atoms with van der Waals surface area (Å²) in [7, 11) is 0. The zero-order chi connectivity index (χ0) is 17.0. The van der Waals surface area contributed by atoms with Gasteiger partial charge in [0.05, 0.1) is 17.9 Å². The minimum atomic E-state index is -4.45. The number of hydrogen-bond donors (Lipinski definition) is 0. The number of carbonyl (C=O) groups excluding carboxylic acids is 1. The maximum atomic E-state index is 12.6. The first-order valence-electron chi connectivity index (χ1n) is 7.16. The monoisotopic (exact) mass is 327 g/mol. The molecule has 0 saturated carbocycles. The number of esters is 1. The number of ether oxygens (including phenoxy) is 1. The van der Waals surface area contributed by atoms with Crippen LogP contribution in [0.3, 0.4) is 0 Å². The quantitative estimate of drug-likeness (QED) is 0.790. The van der Waals surface area contributed by atoms with Gasteiger partial charge in [-0.2, -0.15) is 18.3 Å². The van der Waals surface area contributed by atoms with Crippen molar-refractivity contribution in [2.75, 3.05) is 6.61 Å². The van der Waals surface area contributed by atoms with E-state index in [1.807, 2.05) is 6.92 Å². The van der Waals surface area contributed by atoms with E-state index in [-0.39, 0.29) is 12.4 Å². The van der Waals surface area contributed by atoms with Crippen molar-refractivity contribution in [2.45, 2.75) is 32.9 Å². The molecule has 0 aliphatic heterocycles. The number of alkyl halides is 3. The minimum absolute atomic E-state index is 0.200. The van der Waals surface area contributed by atoms with Gasteiger partial charge in [-0.3, -0.25) is 0 Å². The number of hydrogen-bond acceptors (Lipinski definition) is 4. The molecule has 0 fully saturated rings. The predicted molar refractivity (Wildman–Crippen MR) is 76.3 cm³/mol. The van der Waals surface area contributed by atoms with Gasteiger partial charge in [-0.25, -0.2) is 14.5 Å². The summed E-state index contributed by atoms with van der Waals surface area (Å²) in [6.45, 7) is 3.86. The Morgan fingerprint density at radius 2 is 2.04 bits per heavy atom. The van der Waals surface area contributed by atoms with Crippen LogP contribution in [0.15, 0.2) is 24.5 Å². The molecule has 0 atom stereocenters. The highest BCUT2D eigenvalue weighted by Gasteiger charge is 2.30. The lowest BCUT2D eigenvalue weighted by Crippen LogP contribution is -2.07. The average molecular weight is 327 g/mol. The number of rotatable bonds is 5. The van der Waals surface area contributed by atoms with Crippen molar-refractivity contribution in [3.05, 3.63) is 41.3 Å². The fourth-order valence-corrected chi connectivity index (χ4v) is 2.02. The van der Waals surface area contributed by atoms with Crippen molar-refractivity contribution < 1.29 is 22.7 Å². The molecule has 2 heterocycles. The molecule has 0 aliphatic carbocycles. The van der Waals surface area contributed by atoms with Crippen LogP contribution in [-0.4, -0.2) is 27.3 Å². The summed E-state index contributed by atoms with van der Waals surface area (Å²) in [6.07, 6.45) is -0.954. The van der Waals surface area contributed by atoms with E-state index in [9.17, 15) is 18.0 Å². The molecule has 124 valence electrons. The van der Waals surface area contributed by atoms with Crippen LogP contribution in [0.1, 0.15) is 41.9 Å². The van der Waals surface area contributed by atoms with Gasteiger partial charge in [0.2, 0.25) is 0 Å². The summed E-state index contributed by atoms with van der Waals surface area (Å²) in [5, 5.41) is 4.24. The van der Waals surface area contributed by atoms with Crippen molar-refractivity contribution >= 4 is 5.97 Å². The van der Waals surface area contributed by atoms with E-state index in [1.54, 1.807) is 6.92 Å². The number of pyridine rings is 1. The third-order valence-corrected chi connectivity index (χ3v) is 3.08. The first-order valence-corrected chi connectivity index (χ1v) is 7.16. The Balaban J connectivity index is 2.36. The molecule has 0 saturated heterocycles. The molecule has 2 rings (SSSR count). The van der Waals surface area contributed by atoms with E-state index < -0.39 is 17.7 Å². The molecular weight excluding hydrogens is 311 g/mol. The Bertz CT molecular complexity index is 678. The van der Waals surface area contributed by atoms with E-state index in [0.29, 0.717) is 17.7 Å². The van der Waals surface area contributed by atoms with Gasteiger partial charge in [0.25, 0.3) is 0 Å². The van der Waals surface area contributed by atoms with Gasteiger partial charge < -0.3 is 4.74 Å². The zero-order valence-corrected chi connectivity index (χ0v) is 12.7. The molecule has 2 aromatic rings. The molecular formula is C15H16F3N3O2. The van der Waals surface area contributed by atoms with Crippen LogP contribution in [0.2, 0.25) is 0 Å². The third kappa shape index (κ3) is 3.88. The molecule has 0 spiro atoms. The highest BCUT2D eigenvalue weighted by molar-refractivity contribution is 5.90. The Morgan fingerprint density at radius 1 is 1.30 bits per heavy atom. The Morgan fingerprint density at radius 3 is 2.57 bits per heavy atom. The van der Waals surface area contributed by atoms with E-state index in [4.69, 9.17) is 4.74 Å². The van der Waals surface area contributed by atoms with E-state index in [1.165, 1.54) is 16.9 Å². The zero-order valence-electron chi connectivity index (χ0n) is 12.7. The maximum absolute atomic E-state index is 12.6. The predicted octanol–water partition coefficient (Wildman–Crippen LogP) is 3.42. The largest absolute Gasteiger partial charge is 0.462 e. The van der Waals surface area contributed by atoms with Crippen molar-refractivity contribution in [3.63, 3.8) is 0 Å². The highest BCUT2D eigenvalue weighted by atomic mass is 19.4. The number of aryl methyl sites for hydroxylation is 1. The Hall–Kier alpha value is -2.38. The van der Waals surface area contributed by atoms with Crippen LogP contribution in [0.25, 0.3) is 5.82 Å². The topological polar surface area (TPSA) is 57.0 Å². The molecule has 0 amide bonds. The van der Waals surface area contributed by atoms with Gasteiger partial charge in [0, 0.05) is 12.4 Å². The molecule has 0 bridgehead atoms. The Labute approximate surface area is 131 Å². The van der Waals surface area contributed by atoms with E-state index in [2.05, 4.69) is 10.1 Å². The summed E-state index contributed by atoms with van der Waals surface area (Å²) in [6, 6.07) is 2.13. The average Bonchev–Trinajstić information content (AvgIpc) is 2.91. The molecule has 0 unspecified atom stereocenters. The van der Waals surface area contributed by atoms with Crippen molar-refractivity contribution in [2.24, 2.45) is 0 Å². The molecule has 0 aliphatic rings. The van der Waals surface area contributed by atoms with E-state index >= 15 is 0 Å². The van der Waals surface area contributed by atoms with Crippen LogP contribution < -0.4 is 0 Å². The first kappa shape index (κ1) is 17.0. The van der Waals surface area contributed by atoms with Crippen LogP contribution in [0, 0.1) is 0 Å². The fourth-order valence-electron chi connectivity index (χ4n) is 2.02. The Kier molecular flexibility index (Phi) is 5.02. The summed E-state index contributed by atoms with van der Waals surface area (Å²) in [4.78, 5) is 15.7. The molecule has 8 heteroatoms. The minimum Gasteiger partial charge on any atom is -0.462 e. The van der Waals surface area contributed by atoms with Crippen LogP contribution >= 0.6 is 0 Å². The summed E-state index contributed by atoms with van der Waals surface area (Å²) in [5.74, 6) is -0.306. The molecule has 2 aromatic heterocycles. The SMILES string of the molecule is CCCc1nn(-c2ccc(C(F)(F)F)cn2)cc1C(=O)OCC. The lowest BCUT2D eigenvalue weighted by Gasteiger charge is -2.06. The van der Waals surface area contributed by atoms with Gasteiger partial charge in [-0.15, -0.1) is 0 Å². The van der Waals surface area contributed by atoms with Crippen LogP contribution in [0.4, 0.5) is 13.2 Å². The summed E-state index contributed by atoms with van der Waals surface area (Å²) in [5.41, 5.74) is -0.00384. The normalized spacial score (nSPS) is 11.5. The van der Waals surface area contributed by atoms with Gasteiger partial charge in [0.1, 0.15) is 5.56 Å². The van der Waals surface area contributed by atoms with Crippen LogP contribution in [0.5, 0.6) is 0 Å². The fraction of sp³-hybridized carbons (Fsp3) is 0.400. The van der Waals surface area contributed by atoms with Gasteiger partial charge in [-0.05, 0) is 25.5 Å². The number of nitrogens with zero attached hydrogens (tertiary/aromatic N) is 3.